The molecule has 2 fully saturated rings. The fourth-order valence-corrected chi connectivity index (χ4v) is 4.66. The number of nitrogens with zero attached hydrogens (tertiary/aromatic N) is 5. The van der Waals surface area contributed by atoms with E-state index >= 15 is 0 Å². The Bertz CT molecular complexity index is 1180. The third-order valence-electron chi connectivity index (χ3n) is 5.37. The Morgan fingerprint density at radius 3 is 2.93 bits per heavy atom. The number of pyridine rings is 1. The van der Waals surface area contributed by atoms with Crippen molar-refractivity contribution in [1.29, 1.82) is 0 Å². The number of benzene rings is 1. The molecule has 5 rings (SSSR count). The Labute approximate surface area is 180 Å². The number of piperidine rings is 1. The van der Waals surface area contributed by atoms with Crippen LogP contribution in [-0.4, -0.2) is 55.1 Å². The van der Waals surface area contributed by atoms with Gasteiger partial charge in [-0.2, -0.15) is 8.75 Å². The molecule has 152 valence electrons. The number of carbonyl (C=O) groups is 3. The van der Waals surface area contributed by atoms with Gasteiger partial charge in [0.2, 0.25) is 0 Å². The maximum absolute atomic E-state index is 13.1. The van der Waals surface area contributed by atoms with E-state index in [0.717, 1.165) is 11.7 Å². The molecule has 1 N–H and O–H groups in total. The smallest absolute Gasteiger partial charge is 0.332 e. The lowest BCUT2D eigenvalue weighted by Gasteiger charge is -2.32. The van der Waals surface area contributed by atoms with Gasteiger partial charge in [-0.3, -0.25) is 9.59 Å². The van der Waals surface area contributed by atoms with Crippen LogP contribution < -0.4 is 10.2 Å². The van der Waals surface area contributed by atoms with Crippen molar-refractivity contribution in [2.24, 2.45) is 0 Å². The quantitative estimate of drug-likeness (QED) is 0.493. The highest BCUT2D eigenvalue weighted by molar-refractivity contribution is 7.00. The number of aromatic nitrogens is 3. The second-order valence-corrected chi connectivity index (χ2v) is 8.05. The number of fused-ring (bicyclic) bond motifs is 2. The second-order valence-electron chi connectivity index (χ2n) is 7.14. The van der Waals surface area contributed by atoms with Gasteiger partial charge in [0.25, 0.3) is 11.8 Å². The van der Waals surface area contributed by atoms with E-state index in [0.29, 0.717) is 41.7 Å². The summed E-state index contributed by atoms with van der Waals surface area (Å²) < 4.78 is 8.42. The molecule has 11 heteroatoms. The molecule has 4 amide bonds. The van der Waals surface area contributed by atoms with Crippen LogP contribution in [0.2, 0.25) is 5.15 Å². The molecule has 0 spiro atoms. The van der Waals surface area contributed by atoms with Crippen molar-refractivity contribution in [2.75, 3.05) is 11.4 Å². The lowest BCUT2D eigenvalue weighted by molar-refractivity contribution is -0.120. The third kappa shape index (κ3) is 3.08. The van der Waals surface area contributed by atoms with Crippen molar-refractivity contribution < 1.29 is 14.4 Å². The minimum absolute atomic E-state index is 0.232. The molecule has 2 aliphatic heterocycles. The summed E-state index contributed by atoms with van der Waals surface area (Å²) in [5, 5.41) is 3.17. The summed E-state index contributed by atoms with van der Waals surface area (Å²) in [5.74, 6) is -0.601. The van der Waals surface area contributed by atoms with E-state index in [2.05, 4.69) is 19.0 Å². The fraction of sp³-hybridized carbons (Fsp3) is 0.263. The van der Waals surface area contributed by atoms with E-state index in [9.17, 15) is 14.4 Å². The van der Waals surface area contributed by atoms with Crippen LogP contribution in [0.1, 0.15) is 23.2 Å². The van der Waals surface area contributed by atoms with E-state index in [1.807, 2.05) is 0 Å². The standard InChI is InChI=1S/C19H15ClN6O3S/c20-15-8-10(4-6-21-15)17(27)22-11-5-7-25-14(9-11)18(28)26(19(25)29)13-3-1-2-12-16(13)24-30-23-12/h1-4,6,8,11,14H,5,7,9H2,(H,22,27)/t11-,14-/m0/s1. The van der Waals surface area contributed by atoms with Crippen LogP contribution in [0.4, 0.5) is 10.5 Å². The molecule has 2 atom stereocenters. The molecule has 0 bridgehead atoms. The number of halogens is 1. The topological polar surface area (TPSA) is 108 Å². The SMILES string of the molecule is O=C(N[C@H]1CCN2C(=O)N(c3cccc4nsnc34)C(=O)[C@@H]2C1)c1ccnc(Cl)c1. The van der Waals surface area contributed by atoms with Gasteiger partial charge in [0.15, 0.2) is 0 Å². The molecule has 2 aliphatic rings. The summed E-state index contributed by atoms with van der Waals surface area (Å²) in [6.07, 6.45) is 2.36. The van der Waals surface area contributed by atoms with Crippen molar-refractivity contribution >= 4 is 57.9 Å². The first kappa shape index (κ1) is 18.9. The van der Waals surface area contributed by atoms with Crippen LogP contribution in [0.25, 0.3) is 11.0 Å². The van der Waals surface area contributed by atoms with Crippen molar-refractivity contribution in [3.05, 3.63) is 47.2 Å². The van der Waals surface area contributed by atoms with E-state index in [4.69, 9.17) is 11.6 Å². The lowest BCUT2D eigenvalue weighted by atomic mass is 9.97. The fourth-order valence-electron chi connectivity index (χ4n) is 3.94. The van der Waals surface area contributed by atoms with E-state index in [1.54, 1.807) is 29.2 Å². The molecule has 4 heterocycles. The zero-order valence-electron chi connectivity index (χ0n) is 15.5. The van der Waals surface area contributed by atoms with Crippen LogP contribution in [0.15, 0.2) is 36.5 Å². The maximum atomic E-state index is 13.1. The summed E-state index contributed by atoms with van der Waals surface area (Å²) in [4.78, 5) is 45.3. The number of anilines is 1. The number of rotatable bonds is 3. The Balaban J connectivity index is 1.36. The molecule has 2 aromatic heterocycles. The molecule has 0 unspecified atom stereocenters. The molecular weight excluding hydrogens is 428 g/mol. The normalized spacial score (nSPS) is 21.2. The summed E-state index contributed by atoms with van der Waals surface area (Å²) in [5.41, 5.74) is 2.01. The Hall–Kier alpha value is -3.11. The highest BCUT2D eigenvalue weighted by atomic mass is 35.5. The maximum Gasteiger partial charge on any atom is 0.332 e. The van der Waals surface area contributed by atoms with E-state index in [1.165, 1.54) is 17.2 Å². The molecule has 0 saturated carbocycles. The number of urea groups is 1. The predicted octanol–water partition coefficient (Wildman–Crippen LogP) is 2.47. The number of nitrogens with one attached hydrogen (secondary N) is 1. The molecule has 30 heavy (non-hydrogen) atoms. The van der Waals surface area contributed by atoms with Gasteiger partial charge in [-0.05, 0) is 37.1 Å². The van der Waals surface area contributed by atoms with Gasteiger partial charge in [0, 0.05) is 24.3 Å². The second kappa shape index (κ2) is 7.29. The molecule has 0 radical (unpaired) electrons. The number of hydrogen-bond acceptors (Lipinski definition) is 7. The van der Waals surface area contributed by atoms with Gasteiger partial charge in [-0.25, -0.2) is 14.7 Å². The predicted molar refractivity (Wildman–Crippen MR) is 111 cm³/mol. The van der Waals surface area contributed by atoms with Gasteiger partial charge in [0.05, 0.1) is 17.4 Å². The van der Waals surface area contributed by atoms with E-state index < -0.39 is 6.04 Å². The zero-order chi connectivity index (χ0) is 20.8. The monoisotopic (exact) mass is 442 g/mol. The Morgan fingerprint density at radius 2 is 2.10 bits per heavy atom. The number of carbonyl (C=O) groups excluding carboxylic acids is 3. The van der Waals surface area contributed by atoms with Crippen molar-refractivity contribution in [3.8, 4) is 0 Å². The van der Waals surface area contributed by atoms with Crippen LogP contribution >= 0.6 is 23.3 Å². The average molecular weight is 443 g/mol. The van der Waals surface area contributed by atoms with Gasteiger partial charge in [0.1, 0.15) is 22.2 Å². The molecule has 2 saturated heterocycles. The van der Waals surface area contributed by atoms with Crippen LogP contribution in [-0.2, 0) is 4.79 Å². The zero-order valence-corrected chi connectivity index (χ0v) is 17.1. The minimum atomic E-state index is -0.626. The van der Waals surface area contributed by atoms with Crippen molar-refractivity contribution in [3.63, 3.8) is 0 Å². The largest absolute Gasteiger partial charge is 0.349 e. The van der Waals surface area contributed by atoms with Crippen LogP contribution in [0.5, 0.6) is 0 Å². The first-order valence-corrected chi connectivity index (χ1v) is 10.4. The first-order valence-electron chi connectivity index (χ1n) is 9.31. The summed E-state index contributed by atoms with van der Waals surface area (Å²) in [7, 11) is 0. The van der Waals surface area contributed by atoms with Gasteiger partial charge < -0.3 is 10.2 Å². The van der Waals surface area contributed by atoms with Crippen LogP contribution in [0.3, 0.4) is 0 Å². The highest BCUT2D eigenvalue weighted by Crippen LogP contribution is 2.34. The Kier molecular flexibility index (Phi) is 4.59. The van der Waals surface area contributed by atoms with E-state index in [-0.39, 0.29) is 29.0 Å². The minimum Gasteiger partial charge on any atom is -0.349 e. The van der Waals surface area contributed by atoms with Gasteiger partial charge >= 0.3 is 6.03 Å². The number of hydrogen-bond donors (Lipinski definition) is 1. The van der Waals surface area contributed by atoms with Crippen molar-refractivity contribution in [1.82, 2.24) is 23.9 Å². The highest BCUT2D eigenvalue weighted by Gasteiger charge is 2.49. The molecule has 9 nitrogen and oxygen atoms in total. The average Bonchev–Trinajstić information content (AvgIpc) is 3.31. The molecule has 3 aromatic rings. The van der Waals surface area contributed by atoms with Gasteiger partial charge in [-0.1, -0.05) is 17.7 Å². The summed E-state index contributed by atoms with van der Waals surface area (Å²) >= 11 is 6.89. The number of imide groups is 1. The van der Waals surface area contributed by atoms with Gasteiger partial charge in [-0.15, -0.1) is 0 Å². The number of amides is 4. The molecule has 1 aromatic carbocycles. The summed E-state index contributed by atoms with van der Waals surface area (Å²) in [6.45, 7) is 0.374. The molecular formula is C19H15ClN6O3S. The first-order chi connectivity index (χ1) is 14.5. The summed E-state index contributed by atoms with van der Waals surface area (Å²) in [6, 6.07) is 7.07. The molecule has 0 aliphatic carbocycles. The Morgan fingerprint density at radius 1 is 1.23 bits per heavy atom. The van der Waals surface area contributed by atoms with Crippen molar-refractivity contribution in [2.45, 2.75) is 24.9 Å². The third-order valence-corrected chi connectivity index (χ3v) is 6.12. The van der Waals surface area contributed by atoms with Crippen LogP contribution in [0, 0.1) is 0 Å². The lowest BCUT2D eigenvalue weighted by Crippen LogP contribution is -2.49.